The summed E-state index contributed by atoms with van der Waals surface area (Å²) in [5.41, 5.74) is 4.38. The molecule has 0 spiro atoms. The average Bonchev–Trinajstić information content (AvgIpc) is 2.80. The summed E-state index contributed by atoms with van der Waals surface area (Å²) >= 11 is 0. The normalized spacial score (nSPS) is 12.0. The van der Waals surface area contributed by atoms with E-state index >= 15 is 0 Å². The first kappa shape index (κ1) is 23.2. The topological polar surface area (TPSA) is 99.1 Å². The van der Waals surface area contributed by atoms with E-state index in [1.165, 1.54) is 18.2 Å². The molecule has 2 N–H and O–H groups in total. The van der Waals surface area contributed by atoms with Crippen LogP contribution in [0.3, 0.4) is 0 Å². The van der Waals surface area contributed by atoms with Crippen LogP contribution >= 0.6 is 0 Å². The van der Waals surface area contributed by atoms with E-state index in [9.17, 15) is 13.2 Å². The number of rotatable bonds is 8. The first-order valence-corrected chi connectivity index (χ1v) is 11.7. The molecule has 0 saturated heterocycles. The number of nitriles is 1. The molecule has 3 aromatic rings. The first-order valence-electron chi connectivity index (χ1n) is 10.2. The van der Waals surface area contributed by atoms with Gasteiger partial charge in [0.1, 0.15) is 0 Å². The second-order valence-corrected chi connectivity index (χ2v) is 9.26. The highest BCUT2D eigenvalue weighted by Crippen LogP contribution is 2.25. The number of hydrogen-bond donors (Lipinski definition) is 2. The lowest BCUT2D eigenvalue weighted by atomic mass is 9.95. The Hall–Kier alpha value is -3.47. The largest absolute Gasteiger partial charge is 0.341 e. The van der Waals surface area contributed by atoms with Gasteiger partial charge >= 0.3 is 0 Å². The Morgan fingerprint density at radius 2 is 1.69 bits per heavy atom. The van der Waals surface area contributed by atoms with Gasteiger partial charge in [-0.05, 0) is 54.3 Å². The molecule has 164 valence electrons. The summed E-state index contributed by atoms with van der Waals surface area (Å²) in [4.78, 5) is 13.1. The van der Waals surface area contributed by atoms with Gasteiger partial charge in [0.2, 0.25) is 10.0 Å². The summed E-state index contributed by atoms with van der Waals surface area (Å²) in [6.45, 7) is 4.07. The van der Waals surface area contributed by atoms with Crippen molar-refractivity contribution in [3.63, 3.8) is 0 Å². The highest BCUT2D eigenvalue weighted by atomic mass is 32.2. The molecule has 0 radical (unpaired) electrons. The van der Waals surface area contributed by atoms with Crippen molar-refractivity contribution in [1.29, 1.82) is 5.26 Å². The van der Waals surface area contributed by atoms with Crippen LogP contribution in [0.25, 0.3) is 0 Å². The quantitative estimate of drug-likeness (QED) is 0.510. The molecule has 32 heavy (non-hydrogen) atoms. The predicted molar refractivity (Wildman–Crippen MR) is 124 cm³/mol. The number of carbonyl (C=O) groups is 1. The lowest BCUT2D eigenvalue weighted by Gasteiger charge is -2.21. The number of benzene rings is 3. The fraction of sp³-hybridized carbons (Fsp3) is 0.200. The van der Waals surface area contributed by atoms with Gasteiger partial charge in [-0.3, -0.25) is 4.79 Å². The number of amides is 1. The van der Waals surface area contributed by atoms with Crippen LogP contribution < -0.4 is 10.0 Å². The van der Waals surface area contributed by atoms with Crippen LogP contribution in [-0.2, 0) is 10.0 Å². The van der Waals surface area contributed by atoms with Crippen molar-refractivity contribution in [2.75, 3.05) is 6.54 Å². The standard InChI is InChI=1S/C25H25N3O3S/c1-18-12-13-21(16-19(18)2)24(20-8-4-3-5-9-20)28-25(29)22-10-6-11-23(17-22)32(30,31)27-15-7-14-26/h3-6,8-13,16-17,24,27H,7,15H2,1-2H3,(H,28,29)/t24-/m0/s1. The maximum Gasteiger partial charge on any atom is 0.252 e. The van der Waals surface area contributed by atoms with E-state index in [2.05, 4.69) is 10.0 Å². The smallest absolute Gasteiger partial charge is 0.252 e. The van der Waals surface area contributed by atoms with Crippen LogP contribution in [0, 0.1) is 25.2 Å². The van der Waals surface area contributed by atoms with Crippen molar-refractivity contribution in [3.8, 4) is 6.07 Å². The minimum absolute atomic E-state index is 0.0120. The minimum atomic E-state index is -3.81. The van der Waals surface area contributed by atoms with Crippen LogP contribution in [0.5, 0.6) is 0 Å². The minimum Gasteiger partial charge on any atom is -0.341 e. The molecule has 0 saturated carbocycles. The van der Waals surface area contributed by atoms with E-state index in [1.54, 1.807) is 6.07 Å². The SMILES string of the molecule is Cc1ccc([C@@H](NC(=O)c2cccc(S(=O)(=O)NCCC#N)c2)c2ccccc2)cc1C. The molecule has 1 atom stereocenters. The zero-order valence-electron chi connectivity index (χ0n) is 18.0. The molecule has 3 aromatic carbocycles. The maximum absolute atomic E-state index is 13.1. The summed E-state index contributed by atoms with van der Waals surface area (Å²) in [5, 5.41) is 11.7. The molecule has 1 amide bonds. The molecule has 6 nitrogen and oxygen atoms in total. The van der Waals surface area contributed by atoms with Crippen molar-refractivity contribution in [2.45, 2.75) is 31.2 Å². The predicted octanol–water partition coefficient (Wildman–Crippen LogP) is 4.01. The zero-order chi connectivity index (χ0) is 23.1. The fourth-order valence-electron chi connectivity index (χ4n) is 3.29. The monoisotopic (exact) mass is 447 g/mol. The number of hydrogen-bond acceptors (Lipinski definition) is 4. The highest BCUT2D eigenvalue weighted by Gasteiger charge is 2.20. The summed E-state index contributed by atoms with van der Waals surface area (Å²) in [6, 6.07) is 23.0. The van der Waals surface area contributed by atoms with Crippen LogP contribution in [0.15, 0.2) is 77.7 Å². The lowest BCUT2D eigenvalue weighted by molar-refractivity contribution is 0.0942. The van der Waals surface area contributed by atoms with Gasteiger partial charge in [-0.25, -0.2) is 13.1 Å². The van der Waals surface area contributed by atoms with Crippen molar-refractivity contribution in [3.05, 3.63) is 101 Å². The zero-order valence-corrected chi connectivity index (χ0v) is 18.8. The van der Waals surface area contributed by atoms with Gasteiger partial charge in [-0.15, -0.1) is 0 Å². The molecule has 0 bridgehead atoms. The van der Waals surface area contributed by atoms with Gasteiger partial charge in [0.15, 0.2) is 0 Å². The Bertz CT molecular complexity index is 1250. The number of carbonyl (C=O) groups excluding carboxylic acids is 1. The Balaban J connectivity index is 1.90. The second-order valence-electron chi connectivity index (χ2n) is 7.49. The Labute approximate surface area is 189 Å². The lowest BCUT2D eigenvalue weighted by Crippen LogP contribution is -2.30. The van der Waals surface area contributed by atoms with Crippen LogP contribution in [0.2, 0.25) is 0 Å². The third kappa shape index (κ3) is 5.61. The molecular formula is C25H25N3O3S. The molecule has 0 unspecified atom stereocenters. The third-order valence-corrected chi connectivity index (χ3v) is 6.67. The molecule has 0 heterocycles. The van der Waals surface area contributed by atoms with E-state index < -0.39 is 16.1 Å². The van der Waals surface area contributed by atoms with Crippen LogP contribution in [0.4, 0.5) is 0 Å². The Morgan fingerprint density at radius 1 is 0.938 bits per heavy atom. The molecule has 3 rings (SSSR count). The van der Waals surface area contributed by atoms with Gasteiger partial charge in [0, 0.05) is 18.5 Å². The number of sulfonamides is 1. The van der Waals surface area contributed by atoms with Crippen molar-refractivity contribution in [1.82, 2.24) is 10.0 Å². The van der Waals surface area contributed by atoms with Crippen molar-refractivity contribution < 1.29 is 13.2 Å². The van der Waals surface area contributed by atoms with Crippen molar-refractivity contribution >= 4 is 15.9 Å². The van der Waals surface area contributed by atoms with Crippen LogP contribution in [-0.4, -0.2) is 20.9 Å². The third-order valence-electron chi connectivity index (χ3n) is 5.21. The Kier molecular flexibility index (Phi) is 7.41. The van der Waals surface area contributed by atoms with Gasteiger partial charge in [-0.1, -0.05) is 54.6 Å². The maximum atomic E-state index is 13.1. The van der Waals surface area contributed by atoms with Gasteiger partial charge in [0.05, 0.1) is 17.0 Å². The number of nitrogens with one attached hydrogen (secondary N) is 2. The molecule has 0 aliphatic rings. The average molecular weight is 448 g/mol. The molecule has 0 aliphatic carbocycles. The summed E-state index contributed by atoms with van der Waals surface area (Å²) in [7, 11) is -3.81. The van der Waals surface area contributed by atoms with Crippen molar-refractivity contribution in [2.24, 2.45) is 0 Å². The molecular weight excluding hydrogens is 422 g/mol. The van der Waals surface area contributed by atoms with Gasteiger partial charge < -0.3 is 5.32 Å². The summed E-state index contributed by atoms with van der Waals surface area (Å²) in [5.74, 6) is -0.383. The molecule has 0 fully saturated rings. The van der Waals surface area contributed by atoms with Crippen LogP contribution in [0.1, 0.15) is 45.1 Å². The van der Waals surface area contributed by atoms with E-state index in [4.69, 9.17) is 5.26 Å². The fourth-order valence-corrected chi connectivity index (χ4v) is 4.37. The molecule has 0 aromatic heterocycles. The second kappa shape index (κ2) is 10.2. The number of aryl methyl sites for hydroxylation is 2. The van der Waals surface area contributed by atoms with E-state index in [1.807, 2.05) is 68.4 Å². The van der Waals surface area contributed by atoms with E-state index in [-0.39, 0.29) is 29.3 Å². The van der Waals surface area contributed by atoms with E-state index in [0.29, 0.717) is 0 Å². The van der Waals surface area contributed by atoms with Gasteiger partial charge in [-0.2, -0.15) is 5.26 Å². The molecule has 0 aliphatic heterocycles. The summed E-state index contributed by atoms with van der Waals surface area (Å²) in [6.07, 6.45) is 0.0636. The highest BCUT2D eigenvalue weighted by molar-refractivity contribution is 7.89. The summed E-state index contributed by atoms with van der Waals surface area (Å²) < 4.78 is 27.3. The van der Waals surface area contributed by atoms with E-state index in [0.717, 1.165) is 22.3 Å². The molecule has 7 heteroatoms. The Morgan fingerprint density at radius 3 is 2.38 bits per heavy atom. The van der Waals surface area contributed by atoms with Gasteiger partial charge in [0.25, 0.3) is 5.91 Å². The first-order chi connectivity index (χ1) is 15.3. The number of nitrogens with zero attached hydrogens (tertiary/aromatic N) is 1.